The lowest BCUT2D eigenvalue weighted by Crippen LogP contribution is -2.43. The second-order valence-electron chi connectivity index (χ2n) is 6.53. The van der Waals surface area contributed by atoms with Crippen molar-refractivity contribution in [1.29, 1.82) is 0 Å². The Morgan fingerprint density at radius 3 is 2.15 bits per heavy atom. The van der Waals surface area contributed by atoms with E-state index in [0.29, 0.717) is 0 Å². The van der Waals surface area contributed by atoms with Gasteiger partial charge in [0.05, 0.1) is 17.1 Å². The van der Waals surface area contributed by atoms with Crippen molar-refractivity contribution < 1.29 is 32.3 Å². The SMILES string of the molecule is CCOC(=O)c1ccc(S(=O)(=O)NCC(=O)OCC(=O)NC(C)(C)C)cc1. The number of hydrogen-bond acceptors (Lipinski definition) is 7. The number of sulfonamides is 1. The molecule has 0 aliphatic carbocycles. The molecule has 150 valence electrons. The average molecular weight is 400 g/mol. The maximum Gasteiger partial charge on any atom is 0.338 e. The zero-order valence-corrected chi connectivity index (χ0v) is 16.5. The summed E-state index contributed by atoms with van der Waals surface area (Å²) < 4.78 is 35.9. The van der Waals surface area contributed by atoms with Crippen LogP contribution in [0.15, 0.2) is 29.2 Å². The summed E-state index contributed by atoms with van der Waals surface area (Å²) in [6.07, 6.45) is 0. The van der Waals surface area contributed by atoms with Crippen LogP contribution in [-0.4, -0.2) is 51.6 Å². The van der Waals surface area contributed by atoms with Crippen LogP contribution in [0.4, 0.5) is 0 Å². The first-order valence-electron chi connectivity index (χ1n) is 8.18. The number of nitrogens with one attached hydrogen (secondary N) is 2. The van der Waals surface area contributed by atoms with E-state index in [1.54, 1.807) is 27.7 Å². The fourth-order valence-corrected chi connectivity index (χ4v) is 2.84. The van der Waals surface area contributed by atoms with Gasteiger partial charge in [0.25, 0.3) is 5.91 Å². The third kappa shape index (κ3) is 8.18. The Morgan fingerprint density at radius 2 is 1.63 bits per heavy atom. The molecule has 0 radical (unpaired) electrons. The molecule has 1 amide bonds. The Hall–Kier alpha value is -2.46. The second kappa shape index (κ2) is 9.47. The summed E-state index contributed by atoms with van der Waals surface area (Å²) in [4.78, 5) is 34.6. The van der Waals surface area contributed by atoms with E-state index in [4.69, 9.17) is 9.47 Å². The lowest BCUT2D eigenvalue weighted by atomic mass is 10.1. The van der Waals surface area contributed by atoms with Crippen LogP contribution >= 0.6 is 0 Å². The number of esters is 2. The lowest BCUT2D eigenvalue weighted by molar-refractivity contribution is -0.147. The predicted molar refractivity (Wildman–Crippen MR) is 96.4 cm³/mol. The first-order chi connectivity index (χ1) is 12.4. The van der Waals surface area contributed by atoms with Gasteiger partial charge in [-0.1, -0.05) is 0 Å². The van der Waals surface area contributed by atoms with Gasteiger partial charge in [-0.15, -0.1) is 0 Å². The van der Waals surface area contributed by atoms with Crippen molar-refractivity contribution in [2.24, 2.45) is 0 Å². The summed E-state index contributed by atoms with van der Waals surface area (Å²) >= 11 is 0. The van der Waals surface area contributed by atoms with Crippen molar-refractivity contribution in [3.63, 3.8) is 0 Å². The Morgan fingerprint density at radius 1 is 1.04 bits per heavy atom. The van der Waals surface area contributed by atoms with Crippen LogP contribution in [0.25, 0.3) is 0 Å². The van der Waals surface area contributed by atoms with Gasteiger partial charge in [-0.25, -0.2) is 13.2 Å². The molecule has 0 bridgehead atoms. The molecule has 9 nitrogen and oxygen atoms in total. The zero-order valence-electron chi connectivity index (χ0n) is 15.7. The largest absolute Gasteiger partial charge is 0.462 e. The van der Waals surface area contributed by atoms with E-state index in [2.05, 4.69) is 10.0 Å². The molecule has 0 heterocycles. The summed E-state index contributed by atoms with van der Waals surface area (Å²) in [5.41, 5.74) is -0.263. The molecule has 1 aromatic rings. The molecule has 0 unspecified atom stereocenters. The van der Waals surface area contributed by atoms with Gasteiger partial charge in [-0.05, 0) is 52.0 Å². The molecule has 27 heavy (non-hydrogen) atoms. The Bertz CT molecular complexity index is 780. The van der Waals surface area contributed by atoms with Crippen LogP contribution in [0.2, 0.25) is 0 Å². The van der Waals surface area contributed by atoms with E-state index >= 15 is 0 Å². The van der Waals surface area contributed by atoms with Crippen LogP contribution in [0.1, 0.15) is 38.1 Å². The summed E-state index contributed by atoms with van der Waals surface area (Å²) in [6.45, 7) is 6.04. The normalized spacial score (nSPS) is 11.6. The zero-order chi connectivity index (χ0) is 20.7. The van der Waals surface area contributed by atoms with Crippen LogP contribution in [-0.2, 0) is 29.1 Å². The maximum absolute atomic E-state index is 12.2. The molecule has 1 rings (SSSR count). The van der Waals surface area contributed by atoms with Gasteiger partial charge in [0.15, 0.2) is 6.61 Å². The van der Waals surface area contributed by atoms with E-state index in [-0.39, 0.29) is 17.1 Å². The summed E-state index contributed by atoms with van der Waals surface area (Å²) in [6, 6.07) is 5.05. The molecule has 0 saturated heterocycles. The van der Waals surface area contributed by atoms with Gasteiger partial charge in [0.1, 0.15) is 6.54 Å². The Kier molecular flexibility index (Phi) is 7.92. The van der Waals surface area contributed by atoms with Crippen molar-refractivity contribution in [1.82, 2.24) is 10.0 Å². The van der Waals surface area contributed by atoms with Crippen LogP contribution in [0, 0.1) is 0 Å². The van der Waals surface area contributed by atoms with E-state index in [1.165, 1.54) is 24.3 Å². The average Bonchev–Trinajstić information content (AvgIpc) is 2.57. The highest BCUT2D eigenvalue weighted by molar-refractivity contribution is 7.89. The molecule has 0 saturated carbocycles. The number of amides is 1. The summed E-state index contributed by atoms with van der Waals surface area (Å²) in [5.74, 6) is -1.95. The van der Waals surface area contributed by atoms with Crippen molar-refractivity contribution in [2.45, 2.75) is 38.1 Å². The maximum atomic E-state index is 12.2. The van der Waals surface area contributed by atoms with E-state index in [1.807, 2.05) is 0 Å². The smallest absolute Gasteiger partial charge is 0.338 e. The van der Waals surface area contributed by atoms with Crippen LogP contribution in [0.5, 0.6) is 0 Å². The highest BCUT2D eigenvalue weighted by atomic mass is 32.2. The summed E-state index contributed by atoms with van der Waals surface area (Å²) in [5, 5.41) is 2.60. The van der Waals surface area contributed by atoms with Crippen LogP contribution < -0.4 is 10.0 Å². The molecular formula is C17H24N2O7S. The molecule has 0 aliphatic heterocycles. The molecular weight excluding hydrogens is 376 g/mol. The third-order valence-corrected chi connectivity index (χ3v) is 4.38. The Labute approximate surface area is 158 Å². The molecule has 0 aromatic heterocycles. The highest BCUT2D eigenvalue weighted by Crippen LogP contribution is 2.11. The number of hydrogen-bond donors (Lipinski definition) is 2. The molecule has 0 spiro atoms. The minimum Gasteiger partial charge on any atom is -0.462 e. The van der Waals surface area contributed by atoms with E-state index in [9.17, 15) is 22.8 Å². The number of benzene rings is 1. The molecule has 1 aromatic carbocycles. The number of carbonyl (C=O) groups excluding carboxylic acids is 3. The number of ether oxygens (including phenoxy) is 2. The standard InChI is InChI=1S/C17H24N2O7S/c1-5-25-16(22)12-6-8-13(9-7-12)27(23,24)18-10-15(21)26-11-14(20)19-17(2,3)4/h6-9,18H,5,10-11H2,1-4H3,(H,19,20). The van der Waals surface area contributed by atoms with Crippen LogP contribution in [0.3, 0.4) is 0 Å². The minimum atomic E-state index is -3.98. The highest BCUT2D eigenvalue weighted by Gasteiger charge is 2.19. The molecule has 0 fully saturated rings. The monoisotopic (exact) mass is 400 g/mol. The first kappa shape index (κ1) is 22.6. The van der Waals surface area contributed by atoms with Crippen molar-refractivity contribution in [2.75, 3.05) is 19.8 Å². The second-order valence-corrected chi connectivity index (χ2v) is 8.30. The lowest BCUT2D eigenvalue weighted by Gasteiger charge is -2.20. The summed E-state index contributed by atoms with van der Waals surface area (Å²) in [7, 11) is -3.98. The van der Waals surface area contributed by atoms with Crippen molar-refractivity contribution in [3.05, 3.63) is 29.8 Å². The van der Waals surface area contributed by atoms with E-state index in [0.717, 1.165) is 0 Å². The molecule has 10 heteroatoms. The molecule has 0 atom stereocenters. The van der Waals surface area contributed by atoms with Gasteiger partial charge >= 0.3 is 11.9 Å². The minimum absolute atomic E-state index is 0.131. The van der Waals surface area contributed by atoms with E-state index < -0.39 is 46.6 Å². The fourth-order valence-electron chi connectivity index (χ4n) is 1.87. The topological polar surface area (TPSA) is 128 Å². The predicted octanol–water partition coefficient (Wildman–Crippen LogP) is 0.600. The van der Waals surface area contributed by atoms with Gasteiger partial charge in [0.2, 0.25) is 10.0 Å². The van der Waals surface area contributed by atoms with Gasteiger partial charge in [-0.3, -0.25) is 9.59 Å². The Balaban J connectivity index is 2.56. The number of carbonyl (C=O) groups is 3. The fraction of sp³-hybridized carbons (Fsp3) is 0.471. The first-order valence-corrected chi connectivity index (χ1v) is 9.66. The quantitative estimate of drug-likeness (QED) is 0.612. The van der Waals surface area contributed by atoms with Crippen molar-refractivity contribution in [3.8, 4) is 0 Å². The van der Waals surface area contributed by atoms with Gasteiger partial charge in [0, 0.05) is 5.54 Å². The van der Waals surface area contributed by atoms with Gasteiger partial charge < -0.3 is 14.8 Å². The number of rotatable bonds is 8. The third-order valence-electron chi connectivity index (χ3n) is 2.96. The van der Waals surface area contributed by atoms with Crippen molar-refractivity contribution >= 4 is 27.9 Å². The van der Waals surface area contributed by atoms with Gasteiger partial charge in [-0.2, -0.15) is 4.72 Å². The molecule has 0 aliphatic rings. The molecule has 2 N–H and O–H groups in total.